The number of amides is 1. The van der Waals surface area contributed by atoms with E-state index < -0.39 is 29.8 Å². The summed E-state index contributed by atoms with van der Waals surface area (Å²) < 4.78 is 57.9. The second-order valence-corrected chi connectivity index (χ2v) is 9.86. The van der Waals surface area contributed by atoms with Gasteiger partial charge in [-0.1, -0.05) is 23.7 Å². The van der Waals surface area contributed by atoms with Crippen molar-refractivity contribution in [3.8, 4) is 17.2 Å². The Hall–Kier alpha value is -4.12. The number of carbonyl (C=O) groups excluding carboxylic acids is 1. The second kappa shape index (κ2) is 12.6. The van der Waals surface area contributed by atoms with Crippen LogP contribution in [0.25, 0.3) is 0 Å². The number of rotatable bonds is 12. The first-order valence-electron chi connectivity index (χ1n) is 12.7. The van der Waals surface area contributed by atoms with Crippen LogP contribution in [0, 0.1) is 5.82 Å². The van der Waals surface area contributed by atoms with Gasteiger partial charge < -0.3 is 29.5 Å². The van der Waals surface area contributed by atoms with Crippen molar-refractivity contribution in [2.24, 2.45) is 0 Å². The number of ether oxygens (including phenoxy) is 3. The third kappa shape index (κ3) is 7.75. The largest absolute Gasteiger partial charge is 0.497 e. The van der Waals surface area contributed by atoms with Crippen molar-refractivity contribution in [2.75, 3.05) is 30.5 Å². The van der Waals surface area contributed by atoms with Crippen molar-refractivity contribution in [3.63, 3.8) is 0 Å². The third-order valence-electron chi connectivity index (χ3n) is 6.27. The molecule has 1 amide bonds. The average Bonchev–Trinajstić information content (AvgIpc) is 3.32. The Labute approximate surface area is 239 Å². The zero-order chi connectivity index (χ0) is 29.7. The van der Waals surface area contributed by atoms with Gasteiger partial charge in [0.25, 0.3) is 5.91 Å². The van der Waals surface area contributed by atoms with Crippen LogP contribution >= 0.6 is 11.6 Å². The average molecular weight is 593 g/mol. The van der Waals surface area contributed by atoms with Gasteiger partial charge in [-0.2, -0.15) is 8.78 Å². The Kier molecular flexibility index (Phi) is 9.17. The first kappa shape index (κ1) is 29.9. The standard InChI is InChI=1S/C29H28ClF3N2O6/c1-29(32,33)41-20-7-5-17-9-10-35(25(17)16-20)28(38)27(23-8-6-18(30)12-24(23)31)34-19-13-21(39-2)15-22(14-19)40-11-3-4-26(36)37/h5-8,12-16,27,34H,3-4,9-11H2,1-2H3,(H,36,37). The van der Waals surface area contributed by atoms with Crippen LogP contribution in [0.5, 0.6) is 17.2 Å². The fourth-order valence-electron chi connectivity index (χ4n) is 4.46. The van der Waals surface area contributed by atoms with E-state index >= 15 is 4.39 Å². The minimum Gasteiger partial charge on any atom is -0.497 e. The summed E-state index contributed by atoms with van der Waals surface area (Å²) in [4.78, 5) is 26.2. The molecule has 0 saturated heterocycles. The van der Waals surface area contributed by atoms with Gasteiger partial charge in [0.05, 0.1) is 19.4 Å². The molecule has 1 aliphatic heterocycles. The van der Waals surface area contributed by atoms with Gasteiger partial charge in [0.15, 0.2) is 0 Å². The number of nitrogens with zero attached hydrogens (tertiary/aromatic N) is 1. The van der Waals surface area contributed by atoms with E-state index in [1.54, 1.807) is 24.3 Å². The van der Waals surface area contributed by atoms with Crippen molar-refractivity contribution in [1.82, 2.24) is 0 Å². The molecule has 0 aliphatic carbocycles. The number of nitrogens with one attached hydrogen (secondary N) is 1. The predicted molar refractivity (Wildman–Crippen MR) is 147 cm³/mol. The Morgan fingerprint density at radius 2 is 1.85 bits per heavy atom. The first-order valence-corrected chi connectivity index (χ1v) is 13.1. The number of carboxylic acids is 1. The predicted octanol–water partition coefficient (Wildman–Crippen LogP) is 6.47. The minimum atomic E-state index is -3.42. The van der Waals surface area contributed by atoms with Crippen molar-refractivity contribution < 1.29 is 42.1 Å². The minimum absolute atomic E-state index is 0.00657. The fraction of sp³-hybridized carbons (Fsp3) is 0.310. The molecule has 0 aromatic heterocycles. The highest BCUT2D eigenvalue weighted by molar-refractivity contribution is 6.30. The Balaban J connectivity index is 1.67. The quantitative estimate of drug-likeness (QED) is 0.233. The summed E-state index contributed by atoms with van der Waals surface area (Å²) in [6, 6.07) is 11.8. The number of hydrogen-bond donors (Lipinski definition) is 2. The van der Waals surface area contributed by atoms with E-state index in [9.17, 15) is 18.4 Å². The molecule has 4 rings (SSSR count). The summed E-state index contributed by atoms with van der Waals surface area (Å²) in [6.07, 6.45) is -2.75. The smallest absolute Gasteiger partial charge is 0.394 e. The lowest BCUT2D eigenvalue weighted by Gasteiger charge is -2.27. The molecule has 1 unspecified atom stereocenters. The highest BCUT2D eigenvalue weighted by Gasteiger charge is 2.34. The molecule has 0 saturated carbocycles. The van der Waals surface area contributed by atoms with E-state index in [1.165, 1.54) is 36.3 Å². The topological polar surface area (TPSA) is 97.3 Å². The monoisotopic (exact) mass is 592 g/mol. The van der Waals surface area contributed by atoms with Gasteiger partial charge in [-0.25, -0.2) is 4.39 Å². The van der Waals surface area contributed by atoms with E-state index in [0.717, 1.165) is 11.6 Å². The molecule has 1 aliphatic rings. The molecule has 0 radical (unpaired) electrons. The zero-order valence-corrected chi connectivity index (χ0v) is 23.0. The first-order chi connectivity index (χ1) is 19.4. The number of alkyl halides is 2. The van der Waals surface area contributed by atoms with Gasteiger partial charge >= 0.3 is 12.1 Å². The van der Waals surface area contributed by atoms with Crippen molar-refractivity contribution in [3.05, 3.63) is 76.6 Å². The van der Waals surface area contributed by atoms with Gasteiger partial charge in [0, 0.05) is 60.4 Å². The van der Waals surface area contributed by atoms with Gasteiger partial charge in [-0.05, 0) is 36.6 Å². The lowest BCUT2D eigenvalue weighted by molar-refractivity contribution is -0.158. The molecular weight excluding hydrogens is 565 g/mol. The highest BCUT2D eigenvalue weighted by atomic mass is 35.5. The van der Waals surface area contributed by atoms with E-state index in [4.69, 9.17) is 30.9 Å². The number of hydrogen-bond acceptors (Lipinski definition) is 6. The third-order valence-corrected chi connectivity index (χ3v) is 6.50. The maximum atomic E-state index is 15.2. The number of methoxy groups -OCH3 is 1. The fourth-order valence-corrected chi connectivity index (χ4v) is 4.62. The number of benzene rings is 3. The number of anilines is 2. The Morgan fingerprint density at radius 3 is 2.54 bits per heavy atom. The number of carbonyl (C=O) groups is 2. The summed E-state index contributed by atoms with van der Waals surface area (Å²) >= 11 is 5.97. The van der Waals surface area contributed by atoms with Crippen LogP contribution in [0.1, 0.15) is 36.9 Å². The highest BCUT2D eigenvalue weighted by Crippen LogP contribution is 2.37. The lowest BCUT2D eigenvalue weighted by atomic mass is 10.0. The van der Waals surface area contributed by atoms with Gasteiger partial charge in [0.2, 0.25) is 0 Å². The zero-order valence-electron chi connectivity index (χ0n) is 22.3. The normalized spacial score (nSPS) is 13.4. The van der Waals surface area contributed by atoms with E-state index in [2.05, 4.69) is 5.32 Å². The van der Waals surface area contributed by atoms with Crippen LogP contribution in [0.4, 0.5) is 24.5 Å². The van der Waals surface area contributed by atoms with E-state index in [0.29, 0.717) is 36.2 Å². The molecule has 3 aromatic carbocycles. The molecular formula is C29H28ClF3N2O6. The Morgan fingerprint density at radius 1 is 1.10 bits per heavy atom. The molecule has 218 valence electrons. The maximum Gasteiger partial charge on any atom is 0.394 e. The van der Waals surface area contributed by atoms with Crippen molar-refractivity contribution in [2.45, 2.75) is 38.3 Å². The SMILES string of the molecule is COc1cc(NC(C(=O)N2CCc3ccc(OC(C)(F)F)cc32)c2ccc(Cl)cc2F)cc(OCCCC(=O)O)c1. The summed E-state index contributed by atoms with van der Waals surface area (Å²) in [7, 11) is 1.44. The van der Waals surface area contributed by atoms with Gasteiger partial charge in [-0.3, -0.25) is 9.59 Å². The number of carboxylic acid groups (broad SMARTS) is 1. The molecule has 1 atom stereocenters. The van der Waals surface area contributed by atoms with E-state index in [1.807, 2.05) is 0 Å². The van der Waals surface area contributed by atoms with Crippen LogP contribution < -0.4 is 24.4 Å². The summed E-state index contributed by atoms with van der Waals surface area (Å²) in [5, 5.41) is 12.1. The molecule has 3 aromatic rings. The van der Waals surface area contributed by atoms with Crippen molar-refractivity contribution >= 4 is 34.9 Å². The summed E-state index contributed by atoms with van der Waals surface area (Å²) in [5.74, 6) is -1.61. The lowest BCUT2D eigenvalue weighted by Crippen LogP contribution is -2.37. The molecule has 0 spiro atoms. The molecule has 1 heterocycles. The van der Waals surface area contributed by atoms with Crippen LogP contribution in [0.15, 0.2) is 54.6 Å². The number of aliphatic carboxylic acids is 1. The number of fused-ring (bicyclic) bond motifs is 1. The van der Waals surface area contributed by atoms with Gasteiger partial charge in [0.1, 0.15) is 29.1 Å². The molecule has 0 fully saturated rings. The second-order valence-electron chi connectivity index (χ2n) is 9.43. The molecule has 8 nitrogen and oxygen atoms in total. The maximum absolute atomic E-state index is 15.2. The van der Waals surface area contributed by atoms with Crippen LogP contribution in [0.3, 0.4) is 0 Å². The molecule has 12 heteroatoms. The van der Waals surface area contributed by atoms with Crippen molar-refractivity contribution in [1.29, 1.82) is 0 Å². The van der Waals surface area contributed by atoms with Crippen LogP contribution in [0.2, 0.25) is 5.02 Å². The Bertz CT molecular complexity index is 1430. The van der Waals surface area contributed by atoms with Crippen LogP contribution in [-0.4, -0.2) is 43.4 Å². The van der Waals surface area contributed by atoms with E-state index in [-0.39, 0.29) is 42.3 Å². The van der Waals surface area contributed by atoms with Crippen LogP contribution in [-0.2, 0) is 16.0 Å². The molecule has 0 bridgehead atoms. The van der Waals surface area contributed by atoms with Gasteiger partial charge in [-0.15, -0.1) is 0 Å². The molecule has 2 N–H and O–H groups in total. The molecule has 41 heavy (non-hydrogen) atoms. The summed E-state index contributed by atoms with van der Waals surface area (Å²) in [5.41, 5.74) is 1.49. The summed E-state index contributed by atoms with van der Waals surface area (Å²) in [6.45, 7) is 0.979. The number of halogens is 4.